The highest BCUT2D eigenvalue weighted by Gasteiger charge is 2.10. The molecule has 0 aromatic heterocycles. The Balaban J connectivity index is 2.27. The van der Waals surface area contributed by atoms with E-state index in [2.05, 4.69) is 13.8 Å². The minimum absolute atomic E-state index is 0.312. The molecule has 2 amide bonds. The van der Waals surface area contributed by atoms with Crippen molar-refractivity contribution in [1.82, 2.24) is 5.48 Å². The third-order valence-electron chi connectivity index (χ3n) is 3.45. The highest BCUT2D eigenvalue weighted by atomic mass is 16.5. The Labute approximate surface area is 129 Å². The normalized spacial score (nSPS) is 10.4. The molecule has 0 radical (unpaired) electrons. The predicted octanol–water partition coefficient (Wildman–Crippen LogP) is 3.22. The summed E-state index contributed by atoms with van der Waals surface area (Å²) in [7, 11) is 0. The molecule has 22 heavy (non-hydrogen) atoms. The summed E-state index contributed by atoms with van der Waals surface area (Å²) >= 11 is 0. The summed E-state index contributed by atoms with van der Waals surface area (Å²) in [5.74, 6) is -0.166. The molecule has 0 heterocycles. The van der Waals surface area contributed by atoms with Crippen LogP contribution in [0.1, 0.15) is 35.7 Å². The van der Waals surface area contributed by atoms with Crippen LogP contribution in [0.15, 0.2) is 48.5 Å². The Hall–Kier alpha value is -2.66. The molecule has 0 unspecified atom stereocenters. The van der Waals surface area contributed by atoms with E-state index in [1.54, 1.807) is 29.7 Å². The quantitative estimate of drug-likeness (QED) is 0.506. The van der Waals surface area contributed by atoms with Crippen LogP contribution in [0.2, 0.25) is 0 Å². The molecule has 0 spiro atoms. The van der Waals surface area contributed by atoms with Crippen LogP contribution in [0, 0.1) is 0 Å². The zero-order chi connectivity index (χ0) is 16.1. The van der Waals surface area contributed by atoms with E-state index >= 15 is 0 Å². The molecule has 0 saturated heterocycles. The van der Waals surface area contributed by atoms with Crippen molar-refractivity contribution in [2.45, 2.75) is 19.8 Å². The molecule has 2 aromatic carbocycles. The first kappa shape index (κ1) is 15.7. The fraction of sp³-hybridized carbons (Fsp3) is 0.176. The third kappa shape index (κ3) is 3.32. The lowest BCUT2D eigenvalue weighted by atomic mass is 10.0. The number of hydrogen-bond donors (Lipinski definition) is 2. The molecule has 2 N–H and O–H groups in total. The summed E-state index contributed by atoms with van der Waals surface area (Å²) in [5.41, 5.74) is 4.47. The van der Waals surface area contributed by atoms with Gasteiger partial charge in [-0.3, -0.25) is 19.7 Å². The molecule has 0 fully saturated rings. The fourth-order valence-corrected chi connectivity index (χ4v) is 2.13. The van der Waals surface area contributed by atoms with Crippen LogP contribution >= 0.6 is 0 Å². The van der Waals surface area contributed by atoms with Gasteiger partial charge in [0.15, 0.2) is 0 Å². The van der Waals surface area contributed by atoms with E-state index in [4.69, 9.17) is 5.21 Å². The van der Waals surface area contributed by atoms with E-state index in [0.717, 1.165) is 12.1 Å². The third-order valence-corrected chi connectivity index (χ3v) is 3.45. The van der Waals surface area contributed by atoms with Crippen LogP contribution in [-0.2, 0) is 4.79 Å². The van der Waals surface area contributed by atoms with Gasteiger partial charge in [-0.25, -0.2) is 5.48 Å². The summed E-state index contributed by atoms with van der Waals surface area (Å²) in [6.45, 7) is 4.22. The number of carbonyl (C=O) groups is 2. The molecule has 2 aromatic rings. The number of rotatable bonds is 5. The van der Waals surface area contributed by atoms with Crippen LogP contribution in [0.25, 0.3) is 0 Å². The van der Waals surface area contributed by atoms with E-state index in [-0.39, 0.29) is 0 Å². The lowest BCUT2D eigenvalue weighted by Gasteiger charge is -2.18. The second-order valence-electron chi connectivity index (χ2n) is 5.21. The Bertz CT molecular complexity index is 649. The topological polar surface area (TPSA) is 69.6 Å². The van der Waals surface area contributed by atoms with Crippen LogP contribution in [0.4, 0.5) is 11.4 Å². The molecular formula is C17H18N2O3. The zero-order valence-corrected chi connectivity index (χ0v) is 12.5. The number of carbonyl (C=O) groups excluding carboxylic acids is 2. The Morgan fingerprint density at radius 3 is 1.95 bits per heavy atom. The molecule has 0 atom stereocenters. The van der Waals surface area contributed by atoms with Gasteiger partial charge in [-0.15, -0.1) is 0 Å². The first-order valence-electron chi connectivity index (χ1n) is 6.95. The van der Waals surface area contributed by atoms with E-state index in [9.17, 15) is 9.59 Å². The van der Waals surface area contributed by atoms with Crippen LogP contribution in [0.5, 0.6) is 0 Å². The average Bonchev–Trinajstić information content (AvgIpc) is 2.56. The van der Waals surface area contributed by atoms with Gasteiger partial charge in [0, 0.05) is 16.9 Å². The van der Waals surface area contributed by atoms with Gasteiger partial charge >= 0.3 is 0 Å². The Kier molecular flexibility index (Phi) is 4.91. The first-order valence-corrected chi connectivity index (χ1v) is 6.95. The Morgan fingerprint density at radius 1 is 1.05 bits per heavy atom. The molecular weight excluding hydrogens is 280 g/mol. The van der Waals surface area contributed by atoms with Crippen LogP contribution < -0.4 is 10.4 Å². The van der Waals surface area contributed by atoms with E-state index in [1.807, 2.05) is 24.3 Å². The molecule has 0 aliphatic rings. The lowest BCUT2D eigenvalue weighted by Crippen LogP contribution is -2.19. The number of amides is 2. The van der Waals surface area contributed by atoms with Crippen molar-refractivity contribution in [3.8, 4) is 0 Å². The van der Waals surface area contributed by atoms with Crippen molar-refractivity contribution in [3.05, 3.63) is 59.7 Å². The fourth-order valence-electron chi connectivity index (χ4n) is 2.13. The van der Waals surface area contributed by atoms with Crippen LogP contribution in [0.3, 0.4) is 0 Å². The minimum Gasteiger partial charge on any atom is -0.288 e. The summed E-state index contributed by atoms with van der Waals surface area (Å²) in [6, 6.07) is 14.1. The SMILES string of the molecule is CC(C)c1ccc(N(C=O)c2ccc(C(=O)NO)cc2)cc1. The monoisotopic (exact) mass is 298 g/mol. The van der Waals surface area contributed by atoms with Crippen molar-refractivity contribution >= 4 is 23.7 Å². The van der Waals surface area contributed by atoms with Crippen molar-refractivity contribution in [2.24, 2.45) is 0 Å². The van der Waals surface area contributed by atoms with Crippen molar-refractivity contribution < 1.29 is 14.8 Å². The van der Waals surface area contributed by atoms with E-state index in [1.165, 1.54) is 10.5 Å². The maximum absolute atomic E-state index is 11.4. The van der Waals surface area contributed by atoms with Gasteiger partial charge in [-0.2, -0.15) is 0 Å². The maximum Gasteiger partial charge on any atom is 0.274 e. The van der Waals surface area contributed by atoms with Crippen molar-refractivity contribution in [3.63, 3.8) is 0 Å². The highest BCUT2D eigenvalue weighted by molar-refractivity contribution is 5.94. The number of benzene rings is 2. The summed E-state index contributed by atoms with van der Waals surface area (Å²) in [5, 5.41) is 8.60. The number of hydroxylamine groups is 1. The van der Waals surface area contributed by atoms with Gasteiger partial charge in [0.1, 0.15) is 0 Å². The number of anilines is 2. The smallest absolute Gasteiger partial charge is 0.274 e. The molecule has 0 bridgehead atoms. The van der Waals surface area contributed by atoms with Crippen LogP contribution in [-0.4, -0.2) is 17.5 Å². The number of nitrogens with zero attached hydrogens (tertiary/aromatic N) is 1. The largest absolute Gasteiger partial charge is 0.288 e. The van der Waals surface area contributed by atoms with Gasteiger partial charge in [0.25, 0.3) is 5.91 Å². The van der Waals surface area contributed by atoms with Crippen molar-refractivity contribution in [2.75, 3.05) is 4.90 Å². The van der Waals surface area contributed by atoms with E-state index in [0.29, 0.717) is 17.2 Å². The lowest BCUT2D eigenvalue weighted by molar-refractivity contribution is -0.106. The second-order valence-corrected chi connectivity index (χ2v) is 5.21. The molecule has 5 heteroatoms. The number of nitrogens with one attached hydrogen (secondary N) is 1. The van der Waals surface area contributed by atoms with E-state index < -0.39 is 5.91 Å². The summed E-state index contributed by atoms with van der Waals surface area (Å²) in [4.78, 5) is 24.2. The molecule has 114 valence electrons. The minimum atomic E-state index is -0.592. The second kappa shape index (κ2) is 6.87. The van der Waals surface area contributed by atoms with Gasteiger partial charge in [0.2, 0.25) is 6.41 Å². The van der Waals surface area contributed by atoms with Gasteiger partial charge in [0.05, 0.1) is 0 Å². The molecule has 0 aliphatic heterocycles. The molecule has 2 rings (SSSR count). The van der Waals surface area contributed by atoms with Gasteiger partial charge in [-0.1, -0.05) is 26.0 Å². The predicted molar refractivity (Wildman–Crippen MR) is 84.4 cm³/mol. The number of hydrogen-bond acceptors (Lipinski definition) is 3. The van der Waals surface area contributed by atoms with Crippen molar-refractivity contribution in [1.29, 1.82) is 0 Å². The maximum atomic E-state index is 11.4. The molecule has 0 aliphatic carbocycles. The molecule has 5 nitrogen and oxygen atoms in total. The first-order chi connectivity index (χ1) is 10.6. The average molecular weight is 298 g/mol. The summed E-state index contributed by atoms with van der Waals surface area (Å²) in [6.07, 6.45) is 0.728. The zero-order valence-electron chi connectivity index (χ0n) is 12.5. The Morgan fingerprint density at radius 2 is 1.55 bits per heavy atom. The molecule has 0 saturated carbocycles. The van der Waals surface area contributed by atoms with Gasteiger partial charge < -0.3 is 0 Å². The summed E-state index contributed by atoms with van der Waals surface area (Å²) < 4.78 is 0. The standard InChI is InChI=1S/C17H18N2O3/c1-12(2)13-3-7-15(8-4-13)19(11-20)16-9-5-14(6-10-16)17(21)18-22/h3-12,22H,1-2H3,(H,18,21). The van der Waals surface area contributed by atoms with Gasteiger partial charge in [-0.05, 0) is 47.9 Å². The highest BCUT2D eigenvalue weighted by Crippen LogP contribution is 2.26.